The largest absolute Gasteiger partial charge is 0.479 e. The second-order valence-corrected chi connectivity index (χ2v) is 3.26. The first kappa shape index (κ1) is 17.2. The van der Waals surface area contributed by atoms with E-state index in [1.54, 1.807) is 0 Å². The molecule has 0 aromatic rings. The predicted molar refractivity (Wildman–Crippen MR) is 59.1 cm³/mol. The van der Waals surface area contributed by atoms with Crippen molar-refractivity contribution in [3.8, 4) is 0 Å². The molecule has 18 heavy (non-hydrogen) atoms. The van der Waals surface area contributed by atoms with Crippen LogP contribution in [-0.4, -0.2) is 80.4 Å². The van der Waals surface area contributed by atoms with Crippen molar-refractivity contribution in [1.82, 2.24) is 0 Å². The van der Waals surface area contributed by atoms with Gasteiger partial charge in [-0.25, -0.2) is 4.79 Å². The topological polar surface area (TPSA) is 118 Å². The molecule has 1 aliphatic rings. The molecule has 2 unspecified atom stereocenters. The van der Waals surface area contributed by atoms with Gasteiger partial charge in [0.1, 0.15) is 0 Å². The number of carbonyl (C=O) groups is 1. The Balaban J connectivity index is 0.000000397. The zero-order chi connectivity index (χ0) is 13.8. The smallest absolute Gasteiger partial charge is 0.335 e. The minimum atomic E-state index is -0.872. The quantitative estimate of drug-likeness (QED) is 0.261. The molecular weight excluding hydrogens is 248 g/mol. The summed E-state index contributed by atoms with van der Waals surface area (Å²) in [6, 6.07) is 0. The fourth-order valence-corrected chi connectivity index (χ4v) is 0.727. The number of rotatable bonds is 9. The predicted octanol–water partition coefficient (Wildman–Crippen LogP) is -1.55. The molecule has 1 rings (SSSR count). The van der Waals surface area contributed by atoms with E-state index in [2.05, 4.69) is 9.47 Å². The number of carboxylic acid groups (broad SMARTS) is 1. The number of carboxylic acids is 1. The van der Waals surface area contributed by atoms with E-state index < -0.39 is 18.4 Å². The highest BCUT2D eigenvalue weighted by Gasteiger charge is 2.30. The van der Waals surface area contributed by atoms with E-state index in [9.17, 15) is 4.79 Å². The molecule has 0 radical (unpaired) electrons. The Morgan fingerprint density at radius 2 is 2.00 bits per heavy atom. The molecule has 0 spiro atoms. The van der Waals surface area contributed by atoms with Gasteiger partial charge in [0.15, 0.2) is 12.4 Å². The van der Waals surface area contributed by atoms with Crippen molar-refractivity contribution in [2.75, 3.05) is 46.8 Å². The molecule has 0 aromatic carbocycles. The Labute approximate surface area is 105 Å². The third kappa shape index (κ3) is 11.7. The van der Waals surface area contributed by atoms with E-state index >= 15 is 0 Å². The molecule has 108 valence electrons. The summed E-state index contributed by atoms with van der Waals surface area (Å²) in [5.74, 6) is -0.852. The van der Waals surface area contributed by atoms with E-state index in [0.29, 0.717) is 26.4 Å². The van der Waals surface area contributed by atoms with E-state index in [1.165, 1.54) is 7.11 Å². The molecule has 1 fully saturated rings. The zero-order valence-corrected chi connectivity index (χ0v) is 10.3. The maximum atomic E-state index is 9.64. The van der Waals surface area contributed by atoms with E-state index in [1.807, 2.05) is 0 Å². The third-order valence-electron chi connectivity index (χ3n) is 1.75. The zero-order valence-electron chi connectivity index (χ0n) is 10.3. The summed E-state index contributed by atoms with van der Waals surface area (Å²) >= 11 is 0. The maximum absolute atomic E-state index is 9.64. The van der Waals surface area contributed by atoms with Crippen molar-refractivity contribution in [3.63, 3.8) is 0 Å². The monoisotopic (exact) mass is 268 g/mol. The molecule has 0 amide bonds. The molecule has 1 aliphatic heterocycles. The van der Waals surface area contributed by atoms with Crippen molar-refractivity contribution in [2.24, 2.45) is 0 Å². The maximum Gasteiger partial charge on any atom is 0.335 e. The summed E-state index contributed by atoms with van der Waals surface area (Å²) in [5.41, 5.74) is 0. The van der Waals surface area contributed by atoms with Crippen LogP contribution in [0, 0.1) is 0 Å². The van der Waals surface area contributed by atoms with Gasteiger partial charge < -0.3 is 34.3 Å². The molecule has 0 aliphatic carbocycles. The molecule has 0 aromatic heterocycles. The second kappa shape index (κ2) is 11.3. The van der Waals surface area contributed by atoms with Gasteiger partial charge >= 0.3 is 5.97 Å². The van der Waals surface area contributed by atoms with Crippen molar-refractivity contribution in [3.05, 3.63) is 0 Å². The van der Waals surface area contributed by atoms with Crippen LogP contribution in [0.15, 0.2) is 0 Å². The molecule has 8 nitrogen and oxygen atoms in total. The lowest BCUT2D eigenvalue weighted by molar-refractivity contribution is -0.138. The summed E-state index contributed by atoms with van der Waals surface area (Å²) in [6.45, 7) is 1.67. The van der Waals surface area contributed by atoms with Crippen molar-refractivity contribution in [1.29, 1.82) is 0 Å². The van der Waals surface area contributed by atoms with Crippen molar-refractivity contribution >= 4 is 5.97 Å². The SMILES string of the molecule is COC(O)COCCOCCO.O=C(O)C1CO1. The second-order valence-electron chi connectivity index (χ2n) is 3.26. The molecule has 0 saturated carbocycles. The van der Waals surface area contributed by atoms with Crippen LogP contribution in [-0.2, 0) is 23.7 Å². The van der Waals surface area contributed by atoms with Gasteiger partial charge in [-0.15, -0.1) is 0 Å². The highest BCUT2D eigenvalue weighted by Crippen LogP contribution is 2.06. The Bertz CT molecular complexity index is 206. The highest BCUT2D eigenvalue weighted by atomic mass is 16.6. The number of aliphatic carboxylic acids is 1. The van der Waals surface area contributed by atoms with Crippen LogP contribution < -0.4 is 0 Å². The Morgan fingerprint density at radius 1 is 1.39 bits per heavy atom. The first-order chi connectivity index (χ1) is 8.61. The summed E-state index contributed by atoms with van der Waals surface area (Å²) in [7, 11) is 1.40. The molecule has 1 saturated heterocycles. The summed E-state index contributed by atoms with van der Waals surface area (Å²) in [6.07, 6.45) is -1.35. The van der Waals surface area contributed by atoms with E-state index in [-0.39, 0.29) is 13.2 Å². The van der Waals surface area contributed by atoms with Gasteiger partial charge in [-0.05, 0) is 0 Å². The summed E-state index contributed by atoms with van der Waals surface area (Å²) in [5, 5.41) is 25.1. The van der Waals surface area contributed by atoms with Crippen LogP contribution in [0.25, 0.3) is 0 Å². The van der Waals surface area contributed by atoms with E-state index in [4.69, 9.17) is 24.8 Å². The fraction of sp³-hybridized carbons (Fsp3) is 0.900. The van der Waals surface area contributed by atoms with Crippen LogP contribution in [0.2, 0.25) is 0 Å². The molecule has 8 heteroatoms. The lowest BCUT2D eigenvalue weighted by Crippen LogP contribution is -2.19. The van der Waals surface area contributed by atoms with Gasteiger partial charge in [0.25, 0.3) is 0 Å². The van der Waals surface area contributed by atoms with Gasteiger partial charge in [-0.1, -0.05) is 0 Å². The lowest BCUT2D eigenvalue weighted by atomic mass is 10.5. The molecule has 0 bridgehead atoms. The van der Waals surface area contributed by atoms with Crippen LogP contribution in [0.3, 0.4) is 0 Å². The summed E-state index contributed by atoms with van der Waals surface area (Å²) in [4.78, 5) is 9.64. The standard InChI is InChI=1S/C7H16O5.C3H4O3/c1-10-7(9)6-12-5-4-11-3-2-8;4-3(5)2-1-6-2/h7-9H,2-6H2,1H3;2H,1H2,(H,4,5). The number of epoxide rings is 1. The first-order valence-electron chi connectivity index (χ1n) is 5.43. The summed E-state index contributed by atoms with van der Waals surface area (Å²) < 4.78 is 18.8. The minimum Gasteiger partial charge on any atom is -0.479 e. The first-order valence-corrected chi connectivity index (χ1v) is 5.43. The van der Waals surface area contributed by atoms with Crippen LogP contribution in [0.1, 0.15) is 0 Å². The highest BCUT2D eigenvalue weighted by molar-refractivity contribution is 5.74. The van der Waals surface area contributed by atoms with Crippen molar-refractivity contribution < 1.29 is 39.1 Å². The average molecular weight is 268 g/mol. The van der Waals surface area contributed by atoms with Gasteiger partial charge in [0, 0.05) is 7.11 Å². The minimum absolute atomic E-state index is 0.0146. The number of hydrogen-bond acceptors (Lipinski definition) is 7. The lowest BCUT2D eigenvalue weighted by Gasteiger charge is -2.08. The number of hydrogen-bond donors (Lipinski definition) is 3. The Hall–Kier alpha value is -0.770. The van der Waals surface area contributed by atoms with Crippen molar-refractivity contribution in [2.45, 2.75) is 12.4 Å². The third-order valence-corrected chi connectivity index (χ3v) is 1.75. The molecule has 1 heterocycles. The number of aliphatic hydroxyl groups is 2. The van der Waals surface area contributed by atoms with Gasteiger partial charge in [0.2, 0.25) is 0 Å². The molecular formula is C10H20O8. The van der Waals surface area contributed by atoms with E-state index in [0.717, 1.165) is 0 Å². The molecule has 2 atom stereocenters. The fourth-order valence-electron chi connectivity index (χ4n) is 0.727. The van der Waals surface area contributed by atoms with Gasteiger partial charge in [-0.2, -0.15) is 0 Å². The molecule has 3 N–H and O–H groups in total. The van der Waals surface area contributed by atoms with Gasteiger partial charge in [-0.3, -0.25) is 0 Å². The average Bonchev–Trinajstić information content (AvgIpc) is 3.18. The number of ether oxygens (including phenoxy) is 4. The number of aliphatic hydroxyl groups excluding tert-OH is 2. The van der Waals surface area contributed by atoms with Crippen LogP contribution in [0.4, 0.5) is 0 Å². The van der Waals surface area contributed by atoms with Crippen LogP contribution >= 0.6 is 0 Å². The van der Waals surface area contributed by atoms with Gasteiger partial charge in [0.05, 0.1) is 39.6 Å². The Morgan fingerprint density at radius 3 is 2.39 bits per heavy atom. The number of methoxy groups -OCH3 is 1. The normalized spacial score (nSPS) is 18.7. The Kier molecular flexibility index (Phi) is 10.8. The van der Waals surface area contributed by atoms with Crippen LogP contribution in [0.5, 0.6) is 0 Å².